The topological polar surface area (TPSA) is 76.2 Å². The average Bonchev–Trinajstić information content (AvgIpc) is 2.84. The Morgan fingerprint density at radius 2 is 2.00 bits per heavy atom. The number of hydrogen-bond donors (Lipinski definition) is 1. The third kappa shape index (κ3) is 4.06. The fraction of sp³-hybridized carbons (Fsp3) is 0.308. The molecule has 0 atom stereocenters. The van der Waals surface area contributed by atoms with E-state index in [1.54, 1.807) is 12.1 Å². The molecule has 1 heterocycles. The van der Waals surface area contributed by atoms with Gasteiger partial charge < -0.3 is 9.63 Å². The van der Waals surface area contributed by atoms with Gasteiger partial charge in [-0.2, -0.15) is 4.98 Å². The lowest BCUT2D eigenvalue weighted by Gasteiger charge is -1.94. The summed E-state index contributed by atoms with van der Waals surface area (Å²) in [6.45, 7) is 0. The van der Waals surface area contributed by atoms with E-state index in [9.17, 15) is 4.79 Å². The van der Waals surface area contributed by atoms with E-state index in [1.165, 1.54) is 0 Å². The van der Waals surface area contributed by atoms with Gasteiger partial charge in [0.15, 0.2) is 0 Å². The summed E-state index contributed by atoms with van der Waals surface area (Å²) in [6.07, 6.45) is 2.08. The summed E-state index contributed by atoms with van der Waals surface area (Å²) in [7, 11) is 0. The second kappa shape index (κ2) is 6.33. The number of aromatic nitrogens is 2. The molecule has 0 aliphatic rings. The van der Waals surface area contributed by atoms with Crippen LogP contribution in [0.25, 0.3) is 11.4 Å². The van der Waals surface area contributed by atoms with E-state index in [-0.39, 0.29) is 6.42 Å². The fourth-order valence-electron chi connectivity index (χ4n) is 1.63. The van der Waals surface area contributed by atoms with Crippen molar-refractivity contribution in [3.63, 3.8) is 0 Å². The molecule has 0 amide bonds. The van der Waals surface area contributed by atoms with Gasteiger partial charge in [0.2, 0.25) is 11.7 Å². The molecule has 0 aliphatic carbocycles. The molecular weight excluding hydrogens is 268 g/mol. The van der Waals surface area contributed by atoms with Gasteiger partial charge in [-0.05, 0) is 37.1 Å². The quantitative estimate of drug-likeness (QED) is 0.822. The number of hydrogen-bond acceptors (Lipinski definition) is 4. The van der Waals surface area contributed by atoms with E-state index in [0.717, 1.165) is 5.56 Å². The molecule has 0 saturated heterocycles. The summed E-state index contributed by atoms with van der Waals surface area (Å²) in [4.78, 5) is 14.6. The van der Waals surface area contributed by atoms with E-state index in [4.69, 9.17) is 21.2 Å². The maximum atomic E-state index is 10.4. The Labute approximate surface area is 115 Å². The number of carboxylic acid groups (broad SMARTS) is 1. The molecule has 2 aromatic rings. The Morgan fingerprint density at radius 3 is 2.68 bits per heavy atom. The molecule has 0 radical (unpaired) electrons. The number of halogens is 1. The maximum absolute atomic E-state index is 10.4. The zero-order chi connectivity index (χ0) is 13.7. The number of rotatable bonds is 6. The lowest BCUT2D eigenvalue weighted by atomic mass is 10.2. The standard InChI is InChI=1S/C13H13ClN2O3/c14-10-7-5-9(6-8-10)13-15-11(19-16-13)3-1-2-4-12(17)18/h5-8H,1-4H2,(H,17,18). The zero-order valence-corrected chi connectivity index (χ0v) is 10.9. The molecule has 0 aliphatic heterocycles. The van der Waals surface area contributed by atoms with Crippen LogP contribution in [-0.4, -0.2) is 21.2 Å². The van der Waals surface area contributed by atoms with Gasteiger partial charge >= 0.3 is 5.97 Å². The summed E-state index contributed by atoms with van der Waals surface area (Å²) in [5.41, 5.74) is 0.838. The predicted molar refractivity (Wildman–Crippen MR) is 69.9 cm³/mol. The van der Waals surface area contributed by atoms with Crippen molar-refractivity contribution in [2.24, 2.45) is 0 Å². The molecule has 1 N–H and O–H groups in total. The van der Waals surface area contributed by atoms with Crippen LogP contribution in [0.4, 0.5) is 0 Å². The highest BCUT2D eigenvalue weighted by molar-refractivity contribution is 6.30. The van der Waals surface area contributed by atoms with Crippen molar-refractivity contribution < 1.29 is 14.4 Å². The number of benzene rings is 1. The van der Waals surface area contributed by atoms with Crippen LogP contribution in [0.3, 0.4) is 0 Å². The van der Waals surface area contributed by atoms with Crippen LogP contribution in [0.2, 0.25) is 5.02 Å². The number of carbonyl (C=O) groups is 1. The normalized spacial score (nSPS) is 10.6. The fourth-order valence-corrected chi connectivity index (χ4v) is 1.75. The molecule has 6 heteroatoms. The first-order chi connectivity index (χ1) is 9.15. The van der Waals surface area contributed by atoms with Crippen molar-refractivity contribution in [3.05, 3.63) is 35.2 Å². The SMILES string of the molecule is O=C(O)CCCCc1nc(-c2ccc(Cl)cc2)no1. The number of aliphatic carboxylic acids is 1. The summed E-state index contributed by atoms with van der Waals surface area (Å²) >= 11 is 5.80. The van der Waals surface area contributed by atoms with E-state index < -0.39 is 5.97 Å². The molecule has 5 nitrogen and oxygen atoms in total. The van der Waals surface area contributed by atoms with Crippen molar-refractivity contribution in [2.75, 3.05) is 0 Å². The molecule has 100 valence electrons. The van der Waals surface area contributed by atoms with Gasteiger partial charge in [0.1, 0.15) is 0 Å². The van der Waals surface area contributed by atoms with Crippen LogP contribution in [-0.2, 0) is 11.2 Å². The molecule has 0 fully saturated rings. The molecule has 19 heavy (non-hydrogen) atoms. The summed E-state index contributed by atoms with van der Waals surface area (Å²) in [5.74, 6) is 0.257. The Morgan fingerprint density at radius 1 is 1.26 bits per heavy atom. The van der Waals surface area contributed by atoms with E-state index in [0.29, 0.717) is 36.0 Å². The largest absolute Gasteiger partial charge is 0.481 e. The van der Waals surface area contributed by atoms with E-state index in [1.807, 2.05) is 12.1 Å². The maximum Gasteiger partial charge on any atom is 0.303 e. The van der Waals surface area contributed by atoms with Crippen LogP contribution in [0, 0.1) is 0 Å². The summed E-state index contributed by atoms with van der Waals surface area (Å²) < 4.78 is 5.11. The van der Waals surface area contributed by atoms with Crippen molar-refractivity contribution in [1.29, 1.82) is 0 Å². The second-order valence-corrected chi connectivity index (χ2v) is 4.56. The van der Waals surface area contributed by atoms with Gasteiger partial charge in [-0.25, -0.2) is 0 Å². The first-order valence-corrected chi connectivity index (χ1v) is 6.33. The smallest absolute Gasteiger partial charge is 0.303 e. The number of unbranched alkanes of at least 4 members (excludes halogenated alkanes) is 1. The lowest BCUT2D eigenvalue weighted by molar-refractivity contribution is -0.137. The van der Waals surface area contributed by atoms with Crippen LogP contribution < -0.4 is 0 Å². The molecule has 0 unspecified atom stereocenters. The highest BCUT2D eigenvalue weighted by Crippen LogP contribution is 2.19. The second-order valence-electron chi connectivity index (χ2n) is 4.12. The Hall–Kier alpha value is -1.88. The predicted octanol–water partition coefficient (Wildman–Crippen LogP) is 3.19. The molecule has 0 spiro atoms. The van der Waals surface area contributed by atoms with Crippen LogP contribution >= 0.6 is 11.6 Å². The number of aryl methyl sites for hydroxylation is 1. The van der Waals surface area contributed by atoms with Gasteiger partial charge in [0, 0.05) is 23.4 Å². The minimum absolute atomic E-state index is 0.165. The Bertz CT molecular complexity index is 551. The van der Waals surface area contributed by atoms with E-state index in [2.05, 4.69) is 10.1 Å². The minimum atomic E-state index is -0.785. The molecular formula is C13H13ClN2O3. The van der Waals surface area contributed by atoms with Crippen molar-refractivity contribution in [3.8, 4) is 11.4 Å². The minimum Gasteiger partial charge on any atom is -0.481 e. The molecule has 0 saturated carbocycles. The Kier molecular flexibility index (Phi) is 4.52. The third-order valence-corrected chi connectivity index (χ3v) is 2.85. The third-order valence-electron chi connectivity index (χ3n) is 2.60. The van der Waals surface area contributed by atoms with Crippen molar-refractivity contribution >= 4 is 17.6 Å². The van der Waals surface area contributed by atoms with Crippen molar-refractivity contribution in [1.82, 2.24) is 10.1 Å². The van der Waals surface area contributed by atoms with Gasteiger partial charge in [0.05, 0.1) is 0 Å². The summed E-state index contributed by atoms with van der Waals surface area (Å²) in [5, 5.41) is 13.1. The highest BCUT2D eigenvalue weighted by Gasteiger charge is 2.08. The van der Waals surface area contributed by atoms with Crippen LogP contribution in [0.5, 0.6) is 0 Å². The highest BCUT2D eigenvalue weighted by atomic mass is 35.5. The molecule has 1 aromatic carbocycles. The van der Waals surface area contributed by atoms with Crippen LogP contribution in [0.15, 0.2) is 28.8 Å². The summed E-state index contributed by atoms with van der Waals surface area (Å²) in [6, 6.07) is 7.17. The molecule has 1 aromatic heterocycles. The molecule has 0 bridgehead atoms. The Balaban J connectivity index is 1.91. The number of nitrogens with zero attached hydrogens (tertiary/aromatic N) is 2. The first kappa shape index (κ1) is 13.5. The van der Waals surface area contributed by atoms with Crippen molar-refractivity contribution in [2.45, 2.75) is 25.7 Å². The van der Waals surface area contributed by atoms with E-state index >= 15 is 0 Å². The van der Waals surface area contributed by atoms with Gasteiger partial charge in [-0.3, -0.25) is 4.79 Å². The number of carboxylic acids is 1. The lowest BCUT2D eigenvalue weighted by Crippen LogP contribution is -1.95. The van der Waals surface area contributed by atoms with Gasteiger partial charge in [-0.15, -0.1) is 0 Å². The first-order valence-electron chi connectivity index (χ1n) is 5.95. The monoisotopic (exact) mass is 280 g/mol. The van der Waals surface area contributed by atoms with Gasteiger partial charge in [-0.1, -0.05) is 16.8 Å². The van der Waals surface area contributed by atoms with Gasteiger partial charge in [0.25, 0.3) is 0 Å². The zero-order valence-electron chi connectivity index (χ0n) is 10.2. The van der Waals surface area contributed by atoms with Crippen LogP contribution in [0.1, 0.15) is 25.2 Å². The molecule has 2 rings (SSSR count). The average molecular weight is 281 g/mol.